The third-order valence-electron chi connectivity index (χ3n) is 22.0. The molecule has 6 aromatic heterocycles. The van der Waals surface area contributed by atoms with Gasteiger partial charge in [0.05, 0.1) is 95.1 Å². The average Bonchev–Trinajstić information content (AvgIpc) is 1.72. The minimum Gasteiger partial charge on any atom is -0.422 e. The van der Waals surface area contributed by atoms with Crippen LogP contribution in [0.5, 0.6) is 0 Å². The summed E-state index contributed by atoms with van der Waals surface area (Å²) in [4.78, 5) is 69.3. The smallest absolute Gasteiger partial charge is 0.422 e. The summed E-state index contributed by atoms with van der Waals surface area (Å²) in [5.74, 6) is -3.53. The van der Waals surface area contributed by atoms with Crippen LogP contribution in [-0.4, -0.2) is 156 Å². The van der Waals surface area contributed by atoms with Crippen LogP contribution in [0.25, 0.3) is 21.1 Å². The average molecular weight is 2070 g/mol. The Morgan fingerprint density at radius 2 is 0.748 bits per heavy atom. The highest BCUT2D eigenvalue weighted by molar-refractivity contribution is 9.11. The molecule has 3 fully saturated rings. The van der Waals surface area contributed by atoms with Gasteiger partial charge in [-0.15, -0.1) is 34.0 Å². The lowest BCUT2D eigenvalue weighted by Crippen LogP contribution is -2.55. The van der Waals surface area contributed by atoms with Gasteiger partial charge in [-0.3, -0.25) is 14.4 Å². The maximum absolute atomic E-state index is 13.7. The lowest BCUT2D eigenvalue weighted by molar-refractivity contribution is -0.120. The molecule has 0 spiro atoms. The third kappa shape index (κ3) is 22.7. The molecule has 702 valence electrons. The van der Waals surface area contributed by atoms with E-state index in [9.17, 15) is 62.9 Å². The van der Waals surface area contributed by atoms with Crippen LogP contribution in [0.1, 0.15) is 108 Å². The van der Waals surface area contributed by atoms with E-state index >= 15 is 0 Å². The van der Waals surface area contributed by atoms with Crippen LogP contribution < -0.4 is 35.7 Å². The molecule has 6 unspecified atom stereocenters. The number of aromatic nitrogens is 9. The molecule has 135 heavy (non-hydrogen) atoms. The minimum absolute atomic E-state index is 0. The monoisotopic (exact) mass is 2070 g/mol. The second kappa shape index (κ2) is 44.2. The molecule has 3 aliphatic rings. The van der Waals surface area contributed by atoms with Crippen molar-refractivity contribution in [2.45, 2.75) is 88.9 Å². The normalized spacial score (nSPS) is 17.9. The van der Waals surface area contributed by atoms with E-state index in [2.05, 4.69) is 153 Å². The Bertz CT molecular complexity index is 6770. The summed E-state index contributed by atoms with van der Waals surface area (Å²) in [6.45, 7) is 0. The molecule has 3 saturated heterocycles. The number of carbonyl (C=O) groups is 3. The number of amides is 3. The van der Waals surface area contributed by atoms with Crippen LogP contribution in [0.15, 0.2) is 297 Å². The number of thiazole rings is 3. The zero-order chi connectivity index (χ0) is 93.4. The van der Waals surface area contributed by atoms with Crippen molar-refractivity contribution in [3.63, 3.8) is 0 Å². The summed E-state index contributed by atoms with van der Waals surface area (Å²) < 4.78 is 132. The van der Waals surface area contributed by atoms with Crippen molar-refractivity contribution in [2.24, 2.45) is 0 Å². The van der Waals surface area contributed by atoms with E-state index in [1.807, 2.05) is 126 Å². The molecule has 3 aliphatic heterocycles. The fourth-order valence-corrected chi connectivity index (χ4v) is 23.2. The molecule has 3 amide bonds. The van der Waals surface area contributed by atoms with Gasteiger partial charge in [0, 0.05) is 63.0 Å². The first-order chi connectivity index (χ1) is 63.3. The zero-order valence-electron chi connectivity index (χ0n) is 69.5. The Morgan fingerprint density at radius 3 is 1.05 bits per heavy atom. The number of hydrogen-bond acceptors (Lipinski definition) is 20. The topological polar surface area (TPSA) is 379 Å². The van der Waals surface area contributed by atoms with E-state index in [1.165, 1.54) is 97.9 Å². The van der Waals surface area contributed by atoms with Gasteiger partial charge in [-0.25, -0.2) is 43.1 Å². The van der Waals surface area contributed by atoms with Gasteiger partial charge in [-0.1, -0.05) is 239 Å². The summed E-state index contributed by atoms with van der Waals surface area (Å²) in [5.41, 5.74) is 7.30. The molecule has 0 saturated carbocycles. The number of likely N-dealkylation sites (N-methyl/N-ethyl adjacent to an activating group) is 3. The molecule has 9 heterocycles. The predicted molar refractivity (Wildman–Crippen MR) is 527 cm³/mol. The number of benzene rings is 9. The maximum atomic E-state index is 13.7. The van der Waals surface area contributed by atoms with Gasteiger partial charge < -0.3 is 40.1 Å². The minimum atomic E-state index is -4.04. The van der Waals surface area contributed by atoms with Gasteiger partial charge in [-0.2, -0.15) is 52.3 Å². The number of anilines is 3. The molecule has 9 aromatic carbocycles. The van der Waals surface area contributed by atoms with E-state index in [0.717, 1.165) is 83.7 Å². The summed E-state index contributed by atoms with van der Waals surface area (Å²) in [6, 6.07) is 67.4. The van der Waals surface area contributed by atoms with Crippen LogP contribution in [0.3, 0.4) is 0 Å². The first-order valence-electron chi connectivity index (χ1n) is 40.1. The van der Waals surface area contributed by atoms with Crippen LogP contribution in [-0.2, 0) is 56.1 Å². The van der Waals surface area contributed by atoms with Crippen molar-refractivity contribution >= 4 is 163 Å². The van der Waals surface area contributed by atoms with Crippen molar-refractivity contribution in [1.29, 1.82) is 0 Å². The largest absolute Gasteiger partial charge is 0.509 e. The van der Waals surface area contributed by atoms with Crippen LogP contribution >= 0.6 is 84.7 Å². The van der Waals surface area contributed by atoms with Gasteiger partial charge in [0.15, 0.2) is 0 Å². The Hall–Kier alpha value is -11.4. The van der Waals surface area contributed by atoms with E-state index in [4.69, 9.17) is 39.8 Å². The molecule has 0 aliphatic carbocycles. The predicted octanol–water partition coefficient (Wildman–Crippen LogP) is 16.6. The number of carbonyl (C=O) groups excluding carboxylic acids is 3. The zero-order valence-corrected chi connectivity index (χ0v) is 78.2. The number of hydrogen-bond donors (Lipinski definition) is 9. The third-order valence-corrected chi connectivity index (χ3v) is 31.5. The van der Waals surface area contributed by atoms with Crippen LogP contribution in [0, 0.1) is 17.5 Å². The number of H-pyrrole nitrogens is 1. The van der Waals surface area contributed by atoms with Gasteiger partial charge in [0.25, 0.3) is 30.6 Å². The molecule has 43 heteroatoms. The van der Waals surface area contributed by atoms with E-state index in [-0.39, 0.29) is 79.3 Å². The number of aromatic amines is 1. The fourth-order valence-electron chi connectivity index (χ4n) is 15.4. The van der Waals surface area contributed by atoms with E-state index in [0.29, 0.717) is 20.7 Å². The van der Waals surface area contributed by atoms with Crippen molar-refractivity contribution in [3.8, 4) is 21.1 Å². The molecule has 9 N–H and O–H groups in total. The number of halogens is 7. The number of nitrogens with zero attached hydrogens (tertiary/aromatic N) is 11. The first-order valence-corrected chi connectivity index (χ1v) is 48.8. The van der Waals surface area contributed by atoms with Crippen molar-refractivity contribution in [3.05, 3.63) is 377 Å². The highest BCUT2D eigenvalue weighted by Gasteiger charge is 2.47. The Kier molecular flexibility index (Phi) is 33.6. The van der Waals surface area contributed by atoms with Crippen molar-refractivity contribution in [1.82, 2.24) is 71.1 Å². The van der Waals surface area contributed by atoms with Gasteiger partial charge in [0.1, 0.15) is 61.7 Å². The molecule has 29 nitrogen and oxygen atoms in total. The second-order valence-electron chi connectivity index (χ2n) is 30.1. The summed E-state index contributed by atoms with van der Waals surface area (Å²) >= 11 is 24.5. The lowest BCUT2D eigenvalue weighted by atomic mass is 9.76. The standard InChI is InChI=1S/C36H30ClFN6O3S2.C22H19BN2O2.C17H16ClFN6O3S2.C14H13BrClFN4O3S2.3CH4/c1-43-32(34(45)41-27-17-18-29(38)28(37)19-27)20-30(42-49(43,46)47)35-39-21-33(48-35)31-22-44(23-40-31)36(24-11-5-2-6-12-24,25-13-7-3-8-14-25)26-15-9-4-10-16-26;26-23(27)21-16-25(17-24-21)22(18-10-4-1-5-11-18,19-12-6-2-7-13-19)20-14-8-3-9-15-20;1-25-14(16(26)23-9-2-3-11(19)10(18)4-9)5-12(24-30(25,27)28)17-21-7-15(29-17)13-6-20-8-22-13;1-21-11(13(22)19-7-2-3-9(17)8(16)4-7)5-10(20-26(21,23)24)14-18-6-12(15)25-14;;;/h2-19,21-23,30,32,42H,20H2,1H3,(H,41,45);1-17,26-27H;2-4,6-8,12,14,24H,5H2,1H3,(H,20,22)(H,23,26);2-4,6,10-11,20H,5H2,1H3,(H,19,22);3*1H4. The number of rotatable bonds is 20. The highest BCUT2D eigenvalue weighted by atomic mass is 79.9. The molecule has 0 radical (unpaired) electrons. The molecular formula is C92H90BBrCl3F3N18O11S6. The maximum Gasteiger partial charge on any atom is 0.509 e. The molecule has 15 aromatic rings. The van der Waals surface area contributed by atoms with Gasteiger partial charge >= 0.3 is 7.12 Å². The Morgan fingerprint density at radius 1 is 0.437 bits per heavy atom. The summed E-state index contributed by atoms with van der Waals surface area (Å²) in [6.07, 6.45) is 15.6. The van der Waals surface area contributed by atoms with Crippen LogP contribution in [0.2, 0.25) is 15.1 Å². The highest BCUT2D eigenvalue weighted by Crippen LogP contribution is 2.45. The lowest BCUT2D eigenvalue weighted by Gasteiger charge is -2.37. The van der Waals surface area contributed by atoms with Crippen LogP contribution in [0.4, 0.5) is 30.2 Å². The summed E-state index contributed by atoms with van der Waals surface area (Å²) in [7, 11) is -9.48. The molecule has 18 rings (SSSR count). The molecule has 6 atom stereocenters. The Balaban J connectivity index is 0.000000167. The van der Waals surface area contributed by atoms with Gasteiger partial charge in [-0.05, 0) is 123 Å². The van der Waals surface area contributed by atoms with E-state index < -0.39 is 120 Å². The van der Waals surface area contributed by atoms with Crippen molar-refractivity contribution < 1.29 is 62.9 Å². The number of imidazole rings is 3. The first kappa shape index (κ1) is 103. The SMILES string of the molecule is C.C.C.CN1C(C(=O)Nc2ccc(F)c(Cl)c2)CC(c2ncc(-c3cn(C(c4ccccc4)(c4ccccc4)c4ccccc4)cn3)s2)NS1(=O)=O.CN1C(C(=O)Nc2ccc(F)c(Cl)c2)CC(c2ncc(-c3cnc[nH]3)s2)NS1(=O)=O.CN1C(C(=O)Nc2ccc(F)c(Cl)c2)CC(c2ncc(Br)s2)NS1(=O)=O.OB(O)c1cn(C(c2ccccc2)(c2ccccc2)c2ccccc2)cn1. The van der Waals surface area contributed by atoms with Gasteiger partial charge in [0.2, 0.25) is 17.7 Å². The molecular weight excluding hydrogens is 1980 g/mol. The second-order valence-corrected chi connectivity index (χ2v) is 41.2. The van der Waals surface area contributed by atoms with Crippen molar-refractivity contribution in [2.75, 3.05) is 37.1 Å². The molecule has 0 bridgehead atoms. The number of nitrogens with one attached hydrogen (secondary N) is 7. The van der Waals surface area contributed by atoms with E-state index in [1.54, 1.807) is 37.3 Å². The fraction of sp³-hybridized carbons (Fsp3) is 0.185. The summed E-state index contributed by atoms with van der Waals surface area (Å²) in [5, 5.41) is 28.1. The Labute approximate surface area is 814 Å². The quantitative estimate of drug-likeness (QED) is 0.0253.